The Hall–Kier alpha value is -1.07. The molecule has 220 valence electrons. The molecule has 2 aliphatic heterocycles. The fourth-order valence-electron chi connectivity index (χ4n) is 10.4. The number of carbonyl (C=O) groups excluding carboxylic acids is 1. The average Bonchev–Trinajstić information content (AvgIpc) is 3.46. The van der Waals surface area contributed by atoms with Gasteiger partial charge in [0, 0.05) is 24.0 Å². The maximum absolute atomic E-state index is 12.4. The van der Waals surface area contributed by atoms with Gasteiger partial charge < -0.3 is 29.9 Å². The number of ether oxygens (including phenoxy) is 2. The molecule has 2 heterocycles. The van der Waals surface area contributed by atoms with Crippen LogP contribution in [0.4, 0.5) is 0 Å². The number of nitrogens with zero attached hydrogens (tertiary/aromatic N) is 1. The molecule has 4 aliphatic carbocycles. The van der Waals surface area contributed by atoms with E-state index < -0.39 is 30.1 Å². The zero-order chi connectivity index (χ0) is 27.7. The van der Waals surface area contributed by atoms with Crippen LogP contribution in [0.3, 0.4) is 0 Å². The highest BCUT2D eigenvalue weighted by Gasteiger charge is 2.67. The minimum Gasteiger partial charge on any atom is -0.458 e. The van der Waals surface area contributed by atoms with Gasteiger partial charge in [0.1, 0.15) is 25.0 Å². The molecule has 0 aromatic rings. The van der Waals surface area contributed by atoms with E-state index in [0.717, 1.165) is 63.4 Å². The van der Waals surface area contributed by atoms with Gasteiger partial charge in [-0.3, -0.25) is 4.84 Å². The number of fused-ring (bicyclic) bond motifs is 5. The van der Waals surface area contributed by atoms with E-state index >= 15 is 0 Å². The maximum Gasteiger partial charge on any atom is 0.331 e. The Labute approximate surface area is 231 Å². The zero-order valence-electron chi connectivity index (χ0n) is 23.6. The predicted molar refractivity (Wildman–Crippen MR) is 141 cm³/mol. The van der Waals surface area contributed by atoms with Crippen molar-refractivity contribution in [3.8, 4) is 0 Å². The third kappa shape index (κ3) is 4.17. The van der Waals surface area contributed by atoms with Gasteiger partial charge >= 0.3 is 5.97 Å². The first-order valence-corrected chi connectivity index (χ1v) is 15.1. The van der Waals surface area contributed by atoms with Crippen molar-refractivity contribution in [1.29, 1.82) is 0 Å². The summed E-state index contributed by atoms with van der Waals surface area (Å²) in [5.74, 6) is 1.18. The molecule has 0 radical (unpaired) electrons. The number of rotatable bonds is 5. The molecule has 4 saturated carbocycles. The minimum absolute atomic E-state index is 0.121. The number of hydroxylamine groups is 2. The van der Waals surface area contributed by atoms with Crippen LogP contribution in [0.15, 0.2) is 11.6 Å². The van der Waals surface area contributed by atoms with E-state index in [9.17, 15) is 25.2 Å². The molecule has 6 aliphatic rings. The molecule has 6 rings (SSSR count). The SMILES string of the molecule is CON(C1C[C@@H](O)[C@@H](O)[C@@H](CO)O1)[C@H]1CC[C@@]2(C)C(CCC3C2CC[C@]2(C)[C@@H](C4=CC(=O)OC4)CC[C@]32O)C1. The minimum atomic E-state index is -1.11. The van der Waals surface area contributed by atoms with Crippen molar-refractivity contribution in [3.63, 3.8) is 0 Å². The summed E-state index contributed by atoms with van der Waals surface area (Å²) in [6, 6.07) is 0.121. The molecular formula is C30H47NO8. The number of esters is 1. The second-order valence-corrected chi connectivity index (χ2v) is 13.9. The Kier molecular flexibility index (Phi) is 7.22. The maximum atomic E-state index is 12.4. The van der Waals surface area contributed by atoms with Crippen LogP contribution in [0.2, 0.25) is 0 Å². The van der Waals surface area contributed by atoms with Crippen molar-refractivity contribution in [2.45, 2.75) is 114 Å². The quantitative estimate of drug-likeness (QED) is 0.302. The van der Waals surface area contributed by atoms with Gasteiger partial charge in [0.15, 0.2) is 0 Å². The number of cyclic esters (lactones) is 1. The van der Waals surface area contributed by atoms with Gasteiger partial charge in [-0.2, -0.15) is 5.06 Å². The van der Waals surface area contributed by atoms with Crippen molar-refractivity contribution in [3.05, 3.63) is 11.6 Å². The third-order valence-corrected chi connectivity index (χ3v) is 12.5. The molecular weight excluding hydrogens is 502 g/mol. The molecule has 39 heavy (non-hydrogen) atoms. The molecule has 9 nitrogen and oxygen atoms in total. The first-order valence-electron chi connectivity index (χ1n) is 15.1. The summed E-state index contributed by atoms with van der Waals surface area (Å²) in [6.07, 6.45) is 7.24. The fraction of sp³-hybridized carbons (Fsp3) is 0.900. The summed E-state index contributed by atoms with van der Waals surface area (Å²) < 4.78 is 11.2. The van der Waals surface area contributed by atoms with E-state index in [1.54, 1.807) is 13.2 Å². The van der Waals surface area contributed by atoms with Crippen LogP contribution in [0.1, 0.15) is 78.1 Å². The fourth-order valence-corrected chi connectivity index (χ4v) is 10.4. The van der Waals surface area contributed by atoms with E-state index in [4.69, 9.17) is 14.3 Å². The molecule has 9 heteroatoms. The summed E-state index contributed by atoms with van der Waals surface area (Å²) >= 11 is 0. The van der Waals surface area contributed by atoms with Gasteiger partial charge in [-0.1, -0.05) is 13.8 Å². The molecule has 0 spiro atoms. The van der Waals surface area contributed by atoms with Crippen LogP contribution in [0.25, 0.3) is 0 Å². The number of aliphatic hydroxyl groups excluding tert-OH is 3. The van der Waals surface area contributed by atoms with Gasteiger partial charge in [0.2, 0.25) is 0 Å². The van der Waals surface area contributed by atoms with Gasteiger partial charge in [0.05, 0.1) is 25.4 Å². The zero-order valence-corrected chi connectivity index (χ0v) is 23.6. The predicted octanol–water partition coefficient (Wildman–Crippen LogP) is 2.30. The molecule has 12 atom stereocenters. The molecule has 0 aromatic heterocycles. The number of carbonyl (C=O) groups is 1. The van der Waals surface area contributed by atoms with Crippen LogP contribution in [0, 0.1) is 34.5 Å². The van der Waals surface area contributed by atoms with Crippen LogP contribution in [0.5, 0.6) is 0 Å². The van der Waals surface area contributed by atoms with Crippen molar-refractivity contribution < 1.29 is 39.5 Å². The van der Waals surface area contributed by atoms with Crippen molar-refractivity contribution in [2.24, 2.45) is 34.5 Å². The van der Waals surface area contributed by atoms with E-state index in [1.807, 2.05) is 5.06 Å². The van der Waals surface area contributed by atoms with Crippen LogP contribution in [-0.4, -0.2) is 88.0 Å². The molecule has 1 saturated heterocycles. The van der Waals surface area contributed by atoms with Crippen molar-refractivity contribution in [2.75, 3.05) is 20.3 Å². The summed E-state index contributed by atoms with van der Waals surface area (Å²) in [4.78, 5) is 17.7. The Morgan fingerprint density at radius 1 is 1.05 bits per heavy atom. The monoisotopic (exact) mass is 549 g/mol. The molecule has 4 N–H and O–H groups in total. The topological polar surface area (TPSA) is 129 Å². The Balaban J connectivity index is 1.18. The van der Waals surface area contributed by atoms with E-state index in [-0.39, 0.29) is 47.7 Å². The van der Waals surface area contributed by atoms with Crippen LogP contribution in [-0.2, 0) is 19.1 Å². The molecule has 0 aromatic carbocycles. The first kappa shape index (κ1) is 28.1. The normalized spacial score (nSPS) is 51.6. The lowest BCUT2D eigenvalue weighted by Gasteiger charge is -2.64. The first-order chi connectivity index (χ1) is 18.6. The number of hydrogen-bond acceptors (Lipinski definition) is 9. The largest absolute Gasteiger partial charge is 0.458 e. The Morgan fingerprint density at radius 2 is 1.85 bits per heavy atom. The van der Waals surface area contributed by atoms with Gasteiger partial charge in [-0.15, -0.1) is 0 Å². The van der Waals surface area contributed by atoms with E-state index in [0.29, 0.717) is 18.4 Å². The standard InChI is InChI=1S/C30H47NO8/c1-28-9-6-19(31(37-3)25-14-23(33)27(35)24(15-32)39-25)13-18(28)4-5-22-21(28)7-10-29(2)20(8-11-30(22,29)36)17-12-26(34)38-16-17/h12,18-25,27,32-33,35-36H,4-11,13-16H2,1-3H3/t18?,19-,20+,21?,22?,23+,24+,25?,27+,28-,29+,30-/m0/s1. The highest BCUT2D eigenvalue weighted by molar-refractivity contribution is 5.85. The average molecular weight is 550 g/mol. The number of hydrogen-bond donors (Lipinski definition) is 4. The molecule has 0 amide bonds. The highest BCUT2D eigenvalue weighted by atomic mass is 16.7. The summed E-state index contributed by atoms with van der Waals surface area (Å²) in [6.45, 7) is 4.73. The van der Waals surface area contributed by atoms with Crippen molar-refractivity contribution in [1.82, 2.24) is 5.06 Å². The van der Waals surface area contributed by atoms with Gasteiger partial charge in [-0.05, 0) is 92.4 Å². The lowest BCUT2D eigenvalue weighted by molar-refractivity contribution is -0.316. The smallest absolute Gasteiger partial charge is 0.331 e. The Morgan fingerprint density at radius 3 is 2.54 bits per heavy atom. The summed E-state index contributed by atoms with van der Waals surface area (Å²) in [5, 5.41) is 44.5. The summed E-state index contributed by atoms with van der Waals surface area (Å²) in [5.41, 5.74) is 0.260. The summed E-state index contributed by atoms with van der Waals surface area (Å²) in [7, 11) is 1.63. The highest BCUT2D eigenvalue weighted by Crippen LogP contribution is 2.70. The van der Waals surface area contributed by atoms with Gasteiger partial charge in [0.25, 0.3) is 0 Å². The lowest BCUT2D eigenvalue weighted by atomic mass is 9.43. The Bertz CT molecular complexity index is 990. The second-order valence-electron chi connectivity index (χ2n) is 13.9. The molecule has 5 fully saturated rings. The van der Waals surface area contributed by atoms with E-state index in [1.165, 1.54) is 0 Å². The third-order valence-electron chi connectivity index (χ3n) is 12.5. The van der Waals surface area contributed by atoms with Crippen LogP contribution < -0.4 is 0 Å². The lowest BCUT2D eigenvalue weighted by Crippen LogP contribution is -2.63. The number of aliphatic hydroxyl groups is 4. The van der Waals surface area contributed by atoms with Crippen LogP contribution >= 0.6 is 0 Å². The van der Waals surface area contributed by atoms with Crippen molar-refractivity contribution >= 4 is 5.97 Å². The van der Waals surface area contributed by atoms with Gasteiger partial charge in [-0.25, -0.2) is 4.79 Å². The molecule has 4 unspecified atom stereocenters. The second kappa shape index (κ2) is 10.0. The van der Waals surface area contributed by atoms with E-state index in [2.05, 4.69) is 13.8 Å². The molecule has 0 bridgehead atoms.